The monoisotopic (exact) mass is 320 g/mol. The van der Waals surface area contributed by atoms with Crippen molar-refractivity contribution in [2.24, 2.45) is 0 Å². The van der Waals surface area contributed by atoms with Gasteiger partial charge in [0.25, 0.3) is 0 Å². The molecule has 0 bridgehead atoms. The van der Waals surface area contributed by atoms with E-state index in [1.54, 1.807) is 17.6 Å². The van der Waals surface area contributed by atoms with Crippen LogP contribution in [0.15, 0.2) is 28.2 Å². The van der Waals surface area contributed by atoms with Crippen LogP contribution in [-0.2, 0) is 11.2 Å². The van der Waals surface area contributed by atoms with Crippen LogP contribution in [-0.4, -0.2) is 55.1 Å². The topological polar surface area (TPSA) is 70.4 Å². The smallest absolute Gasteiger partial charge is 0.236 e. The number of rotatable bonds is 6. The summed E-state index contributed by atoms with van der Waals surface area (Å²) in [6, 6.07) is 3.90. The molecule has 2 N–H and O–H groups in total. The van der Waals surface area contributed by atoms with Gasteiger partial charge in [0.1, 0.15) is 6.26 Å². The van der Waals surface area contributed by atoms with Crippen molar-refractivity contribution in [2.45, 2.75) is 6.42 Å². The van der Waals surface area contributed by atoms with Gasteiger partial charge in [0, 0.05) is 39.3 Å². The maximum absolute atomic E-state index is 11.9. The van der Waals surface area contributed by atoms with Gasteiger partial charge in [-0.15, -0.1) is 11.3 Å². The van der Waals surface area contributed by atoms with Crippen LogP contribution in [0.1, 0.15) is 5.69 Å². The van der Waals surface area contributed by atoms with E-state index in [9.17, 15) is 4.79 Å². The molecule has 0 atom stereocenters. The molecule has 1 aliphatic heterocycles. The molecule has 6 nitrogen and oxygen atoms in total. The van der Waals surface area contributed by atoms with Crippen LogP contribution in [0.3, 0.4) is 0 Å². The Balaban J connectivity index is 1.42. The molecular formula is C15H20N4O2S. The van der Waals surface area contributed by atoms with Crippen molar-refractivity contribution in [3.05, 3.63) is 29.5 Å². The molecule has 7 heteroatoms. The molecule has 0 spiro atoms. The van der Waals surface area contributed by atoms with Gasteiger partial charge in [-0.2, -0.15) is 0 Å². The largest absolute Gasteiger partial charge is 0.444 e. The van der Waals surface area contributed by atoms with E-state index in [1.165, 1.54) is 0 Å². The molecule has 0 aromatic carbocycles. The molecule has 0 radical (unpaired) electrons. The van der Waals surface area contributed by atoms with Crippen molar-refractivity contribution < 1.29 is 9.21 Å². The molecule has 2 aromatic rings. The number of carbonyl (C=O) groups excluding carboxylic acids is 1. The summed E-state index contributed by atoms with van der Waals surface area (Å²) in [5.74, 6) is 0.569. The second-order valence-corrected chi connectivity index (χ2v) is 6.19. The van der Waals surface area contributed by atoms with Gasteiger partial charge in [-0.05, 0) is 11.4 Å². The van der Waals surface area contributed by atoms with Crippen LogP contribution in [0.2, 0.25) is 0 Å². The van der Waals surface area contributed by atoms with Gasteiger partial charge in [0.05, 0.1) is 17.0 Å². The number of piperazine rings is 1. The molecule has 1 aliphatic rings. The van der Waals surface area contributed by atoms with Crippen molar-refractivity contribution in [2.75, 3.05) is 39.3 Å². The van der Waals surface area contributed by atoms with Crippen LogP contribution in [0.25, 0.3) is 10.8 Å². The van der Waals surface area contributed by atoms with Crippen LogP contribution >= 0.6 is 11.3 Å². The molecule has 1 saturated heterocycles. The molecule has 1 amide bonds. The molecule has 0 aliphatic carbocycles. The Bertz CT molecular complexity index is 590. The number of amides is 1. The lowest BCUT2D eigenvalue weighted by Crippen LogP contribution is -2.46. The Kier molecular flexibility index (Phi) is 5.20. The van der Waals surface area contributed by atoms with Crippen molar-refractivity contribution in [1.82, 2.24) is 20.5 Å². The Hall–Kier alpha value is -1.70. The van der Waals surface area contributed by atoms with E-state index in [2.05, 4.69) is 20.5 Å². The van der Waals surface area contributed by atoms with Crippen LogP contribution < -0.4 is 10.6 Å². The van der Waals surface area contributed by atoms with E-state index in [-0.39, 0.29) is 12.3 Å². The Labute approximate surface area is 133 Å². The number of hydrogen-bond acceptors (Lipinski definition) is 6. The Morgan fingerprint density at radius 3 is 3.09 bits per heavy atom. The maximum Gasteiger partial charge on any atom is 0.236 e. The Morgan fingerprint density at radius 2 is 2.32 bits per heavy atom. The molecule has 22 heavy (non-hydrogen) atoms. The SMILES string of the molecule is O=C(Cc1coc(-c2cccs2)n1)NCCN1CCNCC1. The summed E-state index contributed by atoms with van der Waals surface area (Å²) in [6.45, 7) is 5.71. The van der Waals surface area contributed by atoms with Crippen molar-refractivity contribution in [1.29, 1.82) is 0 Å². The molecule has 0 unspecified atom stereocenters. The van der Waals surface area contributed by atoms with E-state index < -0.39 is 0 Å². The van der Waals surface area contributed by atoms with Gasteiger partial charge in [-0.3, -0.25) is 9.69 Å². The zero-order chi connectivity index (χ0) is 15.2. The predicted molar refractivity (Wildman–Crippen MR) is 85.8 cm³/mol. The molecule has 2 aromatic heterocycles. The average molecular weight is 320 g/mol. The fourth-order valence-corrected chi connectivity index (χ4v) is 3.07. The zero-order valence-electron chi connectivity index (χ0n) is 12.4. The second kappa shape index (κ2) is 7.53. The Morgan fingerprint density at radius 1 is 1.45 bits per heavy atom. The van der Waals surface area contributed by atoms with Gasteiger partial charge >= 0.3 is 0 Å². The van der Waals surface area contributed by atoms with E-state index in [1.807, 2.05) is 17.5 Å². The van der Waals surface area contributed by atoms with Crippen LogP contribution in [0.5, 0.6) is 0 Å². The normalized spacial score (nSPS) is 15.8. The summed E-state index contributed by atoms with van der Waals surface area (Å²) in [6.07, 6.45) is 1.82. The third kappa shape index (κ3) is 4.16. The second-order valence-electron chi connectivity index (χ2n) is 5.24. The minimum absolute atomic E-state index is 0.0128. The molecular weight excluding hydrogens is 300 g/mol. The molecule has 3 heterocycles. The molecule has 1 fully saturated rings. The highest BCUT2D eigenvalue weighted by Crippen LogP contribution is 2.23. The fraction of sp³-hybridized carbons (Fsp3) is 0.467. The van der Waals surface area contributed by atoms with Crippen molar-refractivity contribution in [3.8, 4) is 10.8 Å². The fourth-order valence-electron chi connectivity index (χ4n) is 2.42. The number of nitrogens with one attached hydrogen (secondary N) is 2. The highest BCUT2D eigenvalue weighted by molar-refractivity contribution is 7.13. The number of aromatic nitrogens is 1. The highest BCUT2D eigenvalue weighted by atomic mass is 32.1. The first-order valence-electron chi connectivity index (χ1n) is 7.49. The van der Waals surface area contributed by atoms with Crippen LogP contribution in [0.4, 0.5) is 0 Å². The van der Waals surface area contributed by atoms with E-state index in [4.69, 9.17) is 4.42 Å². The quantitative estimate of drug-likeness (QED) is 0.830. The highest BCUT2D eigenvalue weighted by Gasteiger charge is 2.12. The summed E-state index contributed by atoms with van der Waals surface area (Å²) in [4.78, 5) is 19.6. The first-order valence-corrected chi connectivity index (χ1v) is 8.37. The number of carbonyl (C=O) groups is 1. The van der Waals surface area contributed by atoms with Gasteiger partial charge < -0.3 is 15.1 Å². The van der Waals surface area contributed by atoms with Gasteiger partial charge in [-0.1, -0.05) is 6.07 Å². The van der Waals surface area contributed by atoms with Crippen molar-refractivity contribution >= 4 is 17.2 Å². The summed E-state index contributed by atoms with van der Waals surface area (Å²) in [7, 11) is 0. The predicted octanol–water partition coefficient (Wildman–Crippen LogP) is 0.967. The zero-order valence-corrected chi connectivity index (χ0v) is 13.2. The lowest BCUT2D eigenvalue weighted by Gasteiger charge is -2.27. The summed E-state index contributed by atoms with van der Waals surface area (Å²) < 4.78 is 5.41. The van der Waals surface area contributed by atoms with E-state index in [0.717, 1.165) is 37.6 Å². The first-order chi connectivity index (χ1) is 10.8. The van der Waals surface area contributed by atoms with Crippen molar-refractivity contribution in [3.63, 3.8) is 0 Å². The van der Waals surface area contributed by atoms with E-state index >= 15 is 0 Å². The summed E-state index contributed by atoms with van der Waals surface area (Å²) >= 11 is 1.57. The summed E-state index contributed by atoms with van der Waals surface area (Å²) in [5.41, 5.74) is 0.670. The number of thiophene rings is 1. The third-order valence-corrected chi connectivity index (χ3v) is 4.44. The van der Waals surface area contributed by atoms with E-state index in [0.29, 0.717) is 18.1 Å². The molecule has 0 saturated carbocycles. The average Bonchev–Trinajstić information content (AvgIpc) is 3.19. The standard InChI is InChI=1S/C15H20N4O2S/c20-14(17-5-8-19-6-3-16-4-7-19)10-12-11-21-15(18-12)13-2-1-9-22-13/h1-2,9,11,16H,3-8,10H2,(H,17,20). The number of nitrogens with zero attached hydrogens (tertiary/aromatic N) is 2. The summed E-state index contributed by atoms with van der Waals surface area (Å²) in [5, 5.41) is 8.23. The third-order valence-electron chi connectivity index (χ3n) is 3.59. The van der Waals surface area contributed by atoms with Gasteiger partial charge in [0.2, 0.25) is 11.8 Å². The molecule has 3 rings (SSSR count). The number of hydrogen-bond donors (Lipinski definition) is 2. The molecule has 118 valence electrons. The lowest BCUT2D eigenvalue weighted by atomic mass is 10.3. The first kappa shape index (κ1) is 15.2. The minimum atomic E-state index is -0.0128. The van der Waals surface area contributed by atoms with Gasteiger partial charge in [0.15, 0.2) is 0 Å². The maximum atomic E-state index is 11.9. The number of oxazole rings is 1. The van der Waals surface area contributed by atoms with Gasteiger partial charge in [-0.25, -0.2) is 4.98 Å². The van der Waals surface area contributed by atoms with Crippen LogP contribution in [0, 0.1) is 0 Å². The minimum Gasteiger partial charge on any atom is -0.444 e. The lowest BCUT2D eigenvalue weighted by molar-refractivity contribution is -0.120.